The van der Waals surface area contributed by atoms with E-state index in [0.717, 1.165) is 44.3 Å². The summed E-state index contributed by atoms with van der Waals surface area (Å²) >= 11 is 0. The van der Waals surface area contributed by atoms with Gasteiger partial charge >= 0.3 is 17.9 Å². The third-order valence-electron chi connectivity index (χ3n) is 11.0. The molecule has 0 radical (unpaired) electrons. The highest BCUT2D eigenvalue weighted by atomic mass is 16.4. The van der Waals surface area contributed by atoms with Crippen LogP contribution in [0.25, 0.3) is 39.3 Å². The molecule has 2 aliphatic rings. The third-order valence-corrected chi connectivity index (χ3v) is 11.0. The summed E-state index contributed by atoms with van der Waals surface area (Å²) < 4.78 is 0. The third kappa shape index (κ3) is 7.57. The summed E-state index contributed by atoms with van der Waals surface area (Å²) in [7, 11) is 0. The van der Waals surface area contributed by atoms with Crippen molar-refractivity contribution in [1.29, 1.82) is 0 Å². The van der Waals surface area contributed by atoms with Gasteiger partial charge in [-0.15, -0.1) is 0 Å². The van der Waals surface area contributed by atoms with Crippen molar-refractivity contribution >= 4 is 63.1 Å². The predicted molar refractivity (Wildman–Crippen MR) is 213 cm³/mol. The first-order valence-electron chi connectivity index (χ1n) is 18.5. The number of nitrogens with zero attached hydrogens (tertiary/aromatic N) is 2. The normalized spacial score (nSPS) is 15.7. The molecule has 1 amide bonds. The SMILES string of the molecule is C=Cc1c(C)c2cc3nc(c(CC(=O)N[C@@H](Cc4ccc(O)cc4)C(=O)O)c4nc(cc5[nH]c(cc1[nH]2)c(C)c5CC)C(C)=C4C(=O)O)[C@@H](CCC(=O)O)[C@@H]3C. The molecule has 0 fully saturated rings. The number of carboxylic acids is 3. The number of benzene rings is 1. The molecule has 0 unspecified atom stereocenters. The first-order chi connectivity index (χ1) is 26.6. The molecule has 56 heavy (non-hydrogen) atoms. The Morgan fingerprint density at radius 1 is 0.911 bits per heavy atom. The number of H-pyrrole nitrogens is 2. The van der Waals surface area contributed by atoms with Crippen LogP contribution in [0.1, 0.15) is 102 Å². The lowest BCUT2D eigenvalue weighted by Gasteiger charge is -2.19. The molecule has 0 saturated carbocycles. The van der Waals surface area contributed by atoms with E-state index in [-0.39, 0.29) is 47.8 Å². The number of hydrogen-bond donors (Lipinski definition) is 7. The van der Waals surface area contributed by atoms with E-state index in [1.807, 2.05) is 39.8 Å². The molecular formula is C43H45N5O8. The lowest BCUT2D eigenvalue weighted by molar-refractivity contribution is -0.141. The molecule has 5 heterocycles. The van der Waals surface area contributed by atoms with Crippen molar-refractivity contribution in [2.24, 2.45) is 0 Å². The number of nitrogens with one attached hydrogen (secondary N) is 3. The second kappa shape index (κ2) is 15.7. The average Bonchev–Trinajstić information content (AvgIpc) is 3.83. The second-order valence-electron chi connectivity index (χ2n) is 14.4. The molecule has 0 saturated heterocycles. The van der Waals surface area contributed by atoms with Crippen molar-refractivity contribution in [2.75, 3.05) is 0 Å². The molecule has 1 aromatic carbocycles. The van der Waals surface area contributed by atoms with E-state index >= 15 is 0 Å². The molecule has 3 aromatic heterocycles. The zero-order chi connectivity index (χ0) is 40.6. The number of aromatic nitrogens is 4. The second-order valence-corrected chi connectivity index (χ2v) is 14.4. The monoisotopic (exact) mass is 759 g/mol. The van der Waals surface area contributed by atoms with Crippen LogP contribution in [0.3, 0.4) is 0 Å². The molecule has 13 heteroatoms. The number of allylic oxidation sites excluding steroid dienone is 1. The molecule has 2 aliphatic heterocycles. The first-order valence-corrected chi connectivity index (χ1v) is 18.5. The quantitative estimate of drug-likeness (QED) is 0.0787. The van der Waals surface area contributed by atoms with Crippen LogP contribution < -0.4 is 5.32 Å². The topological polar surface area (TPSA) is 219 Å². The van der Waals surface area contributed by atoms with Crippen molar-refractivity contribution in [3.63, 3.8) is 0 Å². The number of aromatic amines is 2. The van der Waals surface area contributed by atoms with Crippen LogP contribution in [0.2, 0.25) is 0 Å². The zero-order valence-electron chi connectivity index (χ0n) is 31.9. The number of phenols is 1. The van der Waals surface area contributed by atoms with Crippen molar-refractivity contribution in [3.05, 3.63) is 105 Å². The van der Waals surface area contributed by atoms with Crippen LogP contribution in [0, 0.1) is 13.8 Å². The molecule has 0 spiro atoms. The number of phenolic OH excluding ortho intramolecular Hbond substituents is 1. The molecule has 4 aromatic rings. The van der Waals surface area contributed by atoms with E-state index in [1.54, 1.807) is 31.2 Å². The van der Waals surface area contributed by atoms with E-state index < -0.39 is 42.2 Å². The molecule has 8 bridgehead atoms. The number of hydrogen-bond acceptors (Lipinski definition) is 7. The molecule has 290 valence electrons. The summed E-state index contributed by atoms with van der Waals surface area (Å²) in [6, 6.07) is 10.3. The molecule has 13 nitrogen and oxygen atoms in total. The summed E-state index contributed by atoms with van der Waals surface area (Å²) in [6.45, 7) is 13.6. The van der Waals surface area contributed by atoms with Crippen molar-refractivity contribution in [2.45, 2.75) is 84.6 Å². The minimum Gasteiger partial charge on any atom is -0.508 e. The summed E-state index contributed by atoms with van der Waals surface area (Å²) in [5.41, 5.74) is 9.17. The first kappa shape index (κ1) is 39.2. The van der Waals surface area contributed by atoms with Crippen molar-refractivity contribution in [1.82, 2.24) is 25.3 Å². The van der Waals surface area contributed by atoms with Gasteiger partial charge in [0.2, 0.25) is 5.91 Å². The van der Waals surface area contributed by atoms with Gasteiger partial charge in [0.25, 0.3) is 0 Å². The zero-order valence-corrected chi connectivity index (χ0v) is 31.9. The van der Waals surface area contributed by atoms with E-state index in [1.165, 1.54) is 12.1 Å². The number of fused-ring (bicyclic) bond motifs is 8. The molecule has 3 atom stereocenters. The van der Waals surface area contributed by atoms with Gasteiger partial charge in [-0.2, -0.15) is 0 Å². The van der Waals surface area contributed by atoms with Gasteiger partial charge in [0.05, 0.1) is 29.1 Å². The Kier molecular flexibility index (Phi) is 11.0. The van der Waals surface area contributed by atoms with Gasteiger partial charge < -0.3 is 35.7 Å². The Bertz CT molecular complexity index is 2490. The number of aromatic hydroxyl groups is 1. The van der Waals surface area contributed by atoms with Crippen LogP contribution in [0.4, 0.5) is 0 Å². The minimum atomic E-state index is -1.36. The summed E-state index contributed by atoms with van der Waals surface area (Å²) in [6.07, 6.45) is 1.78. The van der Waals surface area contributed by atoms with E-state index in [9.17, 15) is 39.6 Å². The highest BCUT2D eigenvalue weighted by Gasteiger charge is 2.36. The average molecular weight is 760 g/mol. The van der Waals surface area contributed by atoms with Gasteiger partial charge in [0.1, 0.15) is 11.8 Å². The largest absolute Gasteiger partial charge is 0.508 e. The maximum Gasteiger partial charge on any atom is 0.338 e. The van der Waals surface area contributed by atoms with E-state index in [0.29, 0.717) is 34.6 Å². The lowest BCUT2D eigenvalue weighted by Crippen LogP contribution is -2.43. The fourth-order valence-corrected chi connectivity index (χ4v) is 7.85. The van der Waals surface area contributed by atoms with Gasteiger partial charge in [-0.05, 0) is 91.8 Å². The van der Waals surface area contributed by atoms with Gasteiger partial charge in [-0.3, -0.25) is 14.6 Å². The Labute approximate surface area is 322 Å². The van der Waals surface area contributed by atoms with Crippen LogP contribution in [0.5, 0.6) is 5.75 Å². The molecule has 6 rings (SSSR count). The standard InChI is InChI=1S/C43H45N5O8/c1-7-26-20(3)30-17-32-22(5)28(13-14-38(51)52)40(47-32)29(16-37(50)46-36(42(53)54)15-24-9-11-25(49)12-10-24)41-39(43(55)56)23(6)33(48-41)19-35-27(8-2)21(4)31(45-35)18-34(26)44-30/h7,9-12,17-19,22,28,36,44-45,49H,1,8,13-16H2,2-6H3,(H,46,50)(H,51,52)(H,53,54)(H,55,56)/t22-,28-,36-/m0/s1. The van der Waals surface area contributed by atoms with Crippen molar-refractivity contribution in [3.8, 4) is 5.75 Å². The van der Waals surface area contributed by atoms with Crippen molar-refractivity contribution < 1.29 is 39.6 Å². The predicted octanol–water partition coefficient (Wildman–Crippen LogP) is 6.96. The fourth-order valence-electron chi connectivity index (χ4n) is 7.85. The lowest BCUT2D eigenvalue weighted by atomic mass is 9.84. The Morgan fingerprint density at radius 3 is 2.21 bits per heavy atom. The smallest absolute Gasteiger partial charge is 0.338 e. The summed E-state index contributed by atoms with van der Waals surface area (Å²) in [5.74, 6) is -5.24. The number of carboxylic acid groups (broad SMARTS) is 3. The number of aryl methyl sites for hydroxylation is 3. The number of carbonyl (C=O) groups is 4. The maximum atomic E-state index is 14.0. The Hall–Kier alpha value is -6.50. The maximum absolute atomic E-state index is 14.0. The van der Waals surface area contributed by atoms with Gasteiger partial charge in [0.15, 0.2) is 0 Å². The molecular weight excluding hydrogens is 715 g/mol. The van der Waals surface area contributed by atoms with Gasteiger partial charge in [0, 0.05) is 63.6 Å². The van der Waals surface area contributed by atoms with Crippen LogP contribution >= 0.6 is 0 Å². The van der Waals surface area contributed by atoms with Crippen LogP contribution in [0.15, 0.2) is 49.0 Å². The van der Waals surface area contributed by atoms with E-state index in [2.05, 4.69) is 21.9 Å². The highest BCUT2D eigenvalue weighted by molar-refractivity contribution is 6.24. The van der Waals surface area contributed by atoms with Crippen LogP contribution in [-0.4, -0.2) is 70.2 Å². The number of carbonyl (C=O) groups excluding carboxylic acids is 1. The van der Waals surface area contributed by atoms with Gasteiger partial charge in [-0.1, -0.05) is 38.6 Å². The fraction of sp³-hybridized carbons (Fsp3) is 0.302. The number of rotatable bonds is 12. The summed E-state index contributed by atoms with van der Waals surface area (Å²) in [5, 5.41) is 42.9. The van der Waals surface area contributed by atoms with Gasteiger partial charge in [-0.25, -0.2) is 14.6 Å². The molecule has 7 N–H and O–H groups in total. The Morgan fingerprint density at radius 2 is 1.59 bits per heavy atom. The van der Waals surface area contributed by atoms with Crippen LogP contribution in [-0.2, 0) is 38.4 Å². The highest BCUT2D eigenvalue weighted by Crippen LogP contribution is 2.44. The minimum absolute atomic E-state index is 0.00169. The Balaban J connectivity index is 1.67. The van der Waals surface area contributed by atoms with E-state index in [4.69, 9.17) is 9.97 Å². The molecule has 0 aliphatic carbocycles. The number of aliphatic carboxylic acids is 3. The number of amides is 1. The summed E-state index contributed by atoms with van der Waals surface area (Å²) in [4.78, 5) is 68.5.